The highest BCUT2D eigenvalue weighted by Crippen LogP contribution is 2.24. The van der Waals surface area contributed by atoms with Crippen LogP contribution in [0.3, 0.4) is 0 Å². The van der Waals surface area contributed by atoms with Crippen molar-refractivity contribution in [1.29, 1.82) is 0 Å². The Balaban J connectivity index is 2.22. The van der Waals surface area contributed by atoms with Crippen LogP contribution in [0, 0.1) is 6.92 Å². The topological polar surface area (TPSA) is 47.6 Å². The van der Waals surface area contributed by atoms with Crippen LogP contribution in [0.2, 0.25) is 0 Å². The summed E-state index contributed by atoms with van der Waals surface area (Å²) in [7, 11) is 1.64. The van der Waals surface area contributed by atoms with E-state index in [1.165, 1.54) is 0 Å². The van der Waals surface area contributed by atoms with Crippen molar-refractivity contribution in [3.05, 3.63) is 29.3 Å². The molecule has 80 valence electrons. The summed E-state index contributed by atoms with van der Waals surface area (Å²) in [6.07, 6.45) is -0.353. The van der Waals surface area contributed by atoms with Crippen LogP contribution in [0.5, 0.6) is 5.75 Å². The normalized spacial score (nSPS) is 19.6. The van der Waals surface area contributed by atoms with Crippen LogP contribution in [0.25, 0.3) is 0 Å². The largest absolute Gasteiger partial charge is 0.496 e. The Kier molecular flexibility index (Phi) is 2.49. The van der Waals surface area contributed by atoms with Gasteiger partial charge in [0.25, 0.3) is 0 Å². The van der Waals surface area contributed by atoms with E-state index < -0.39 is 0 Å². The van der Waals surface area contributed by atoms with Gasteiger partial charge in [-0.2, -0.15) is 0 Å². The van der Waals surface area contributed by atoms with Crippen LogP contribution >= 0.6 is 0 Å². The van der Waals surface area contributed by atoms with Gasteiger partial charge >= 0.3 is 6.09 Å². The third-order valence-corrected chi connectivity index (χ3v) is 2.49. The summed E-state index contributed by atoms with van der Waals surface area (Å²) in [4.78, 5) is 10.9. The second-order valence-corrected chi connectivity index (χ2v) is 3.52. The van der Waals surface area contributed by atoms with E-state index in [1.807, 2.05) is 25.1 Å². The van der Waals surface area contributed by atoms with Gasteiger partial charge in [-0.1, -0.05) is 12.1 Å². The van der Waals surface area contributed by atoms with E-state index in [0.29, 0.717) is 6.61 Å². The van der Waals surface area contributed by atoms with E-state index >= 15 is 0 Å². The number of hydrogen-bond acceptors (Lipinski definition) is 3. The lowest BCUT2D eigenvalue weighted by atomic mass is 10.0. The highest BCUT2D eigenvalue weighted by atomic mass is 16.6. The minimum absolute atomic E-state index is 0.0397. The van der Waals surface area contributed by atoms with Gasteiger partial charge in [0.1, 0.15) is 12.4 Å². The smallest absolute Gasteiger partial charge is 0.407 e. The number of ether oxygens (including phenoxy) is 2. The van der Waals surface area contributed by atoms with E-state index in [9.17, 15) is 4.79 Å². The summed E-state index contributed by atoms with van der Waals surface area (Å²) in [6.45, 7) is 2.37. The number of rotatable bonds is 2. The zero-order valence-electron chi connectivity index (χ0n) is 8.74. The number of nitrogens with one attached hydrogen (secondary N) is 1. The van der Waals surface area contributed by atoms with Gasteiger partial charge in [-0.15, -0.1) is 0 Å². The fraction of sp³-hybridized carbons (Fsp3) is 0.364. The van der Waals surface area contributed by atoms with Crippen molar-refractivity contribution in [3.63, 3.8) is 0 Å². The summed E-state index contributed by atoms with van der Waals surface area (Å²) in [6, 6.07) is 5.79. The van der Waals surface area contributed by atoms with Crippen molar-refractivity contribution in [2.24, 2.45) is 0 Å². The minimum Gasteiger partial charge on any atom is -0.496 e. The standard InChI is InChI=1S/C11H13NO3/c1-7-5-8(3-4-10(7)14-2)9-6-15-11(13)12-9/h3-5,9H,6H2,1-2H3,(H,12,13)/t9-/m0/s1. The number of carbonyl (C=O) groups excluding carboxylic acids is 1. The average Bonchev–Trinajstić information content (AvgIpc) is 2.65. The first-order chi connectivity index (χ1) is 7.20. The molecule has 1 fully saturated rings. The summed E-state index contributed by atoms with van der Waals surface area (Å²) in [5.74, 6) is 0.851. The fourth-order valence-electron chi connectivity index (χ4n) is 1.68. The molecule has 4 heteroatoms. The monoisotopic (exact) mass is 207 g/mol. The zero-order valence-corrected chi connectivity index (χ0v) is 8.74. The zero-order chi connectivity index (χ0) is 10.8. The summed E-state index contributed by atoms with van der Waals surface area (Å²) < 4.78 is 10.0. The van der Waals surface area contributed by atoms with Crippen LogP contribution in [0.4, 0.5) is 4.79 Å². The number of carbonyl (C=O) groups is 1. The molecule has 1 heterocycles. The van der Waals surface area contributed by atoms with Gasteiger partial charge in [0.2, 0.25) is 0 Å². The molecule has 1 atom stereocenters. The molecule has 0 aromatic heterocycles. The van der Waals surface area contributed by atoms with E-state index in [0.717, 1.165) is 16.9 Å². The first-order valence-electron chi connectivity index (χ1n) is 4.78. The van der Waals surface area contributed by atoms with E-state index in [4.69, 9.17) is 9.47 Å². The molecular formula is C11H13NO3. The Morgan fingerprint density at radius 3 is 2.87 bits per heavy atom. The molecule has 0 bridgehead atoms. The Hall–Kier alpha value is -1.71. The van der Waals surface area contributed by atoms with Crippen LogP contribution in [0.15, 0.2) is 18.2 Å². The van der Waals surface area contributed by atoms with Crippen LogP contribution < -0.4 is 10.1 Å². The molecule has 2 rings (SSSR count). The Morgan fingerprint density at radius 1 is 1.53 bits per heavy atom. The molecule has 0 saturated carbocycles. The van der Waals surface area contributed by atoms with Gasteiger partial charge < -0.3 is 14.8 Å². The maximum atomic E-state index is 10.9. The maximum absolute atomic E-state index is 10.9. The molecular weight excluding hydrogens is 194 g/mol. The Bertz CT molecular complexity index is 389. The number of hydrogen-bond donors (Lipinski definition) is 1. The molecule has 1 saturated heterocycles. The third kappa shape index (κ3) is 1.88. The van der Waals surface area contributed by atoms with Gasteiger partial charge in [-0.25, -0.2) is 4.79 Å². The molecule has 0 aliphatic carbocycles. The molecule has 1 N–H and O–H groups in total. The summed E-state index contributed by atoms with van der Waals surface area (Å²) >= 11 is 0. The highest BCUT2D eigenvalue weighted by Gasteiger charge is 2.23. The van der Waals surface area contributed by atoms with Gasteiger partial charge in [0, 0.05) is 0 Å². The lowest BCUT2D eigenvalue weighted by Crippen LogP contribution is -2.18. The molecule has 1 aromatic carbocycles. The quantitative estimate of drug-likeness (QED) is 0.804. The molecule has 1 aromatic rings. The minimum atomic E-state index is -0.353. The number of benzene rings is 1. The Labute approximate surface area is 88.2 Å². The van der Waals surface area contributed by atoms with Crippen molar-refractivity contribution in [3.8, 4) is 5.75 Å². The van der Waals surface area contributed by atoms with E-state index in [2.05, 4.69) is 5.32 Å². The average molecular weight is 207 g/mol. The van der Waals surface area contributed by atoms with E-state index in [-0.39, 0.29) is 12.1 Å². The van der Waals surface area contributed by atoms with Crippen molar-refractivity contribution in [2.45, 2.75) is 13.0 Å². The van der Waals surface area contributed by atoms with Crippen molar-refractivity contribution >= 4 is 6.09 Å². The van der Waals surface area contributed by atoms with Gasteiger partial charge in [-0.3, -0.25) is 0 Å². The van der Waals surface area contributed by atoms with Crippen LogP contribution in [0.1, 0.15) is 17.2 Å². The molecule has 1 aliphatic rings. The SMILES string of the molecule is COc1ccc([C@@H]2COC(=O)N2)cc1C. The molecule has 1 amide bonds. The number of cyclic esters (lactones) is 1. The molecule has 4 nitrogen and oxygen atoms in total. The third-order valence-electron chi connectivity index (χ3n) is 2.49. The van der Waals surface area contributed by atoms with Crippen molar-refractivity contribution in [1.82, 2.24) is 5.32 Å². The summed E-state index contributed by atoms with van der Waals surface area (Å²) in [5, 5.41) is 2.73. The molecule has 0 spiro atoms. The number of amides is 1. The second kappa shape index (κ2) is 3.81. The molecule has 0 radical (unpaired) electrons. The second-order valence-electron chi connectivity index (χ2n) is 3.52. The molecule has 15 heavy (non-hydrogen) atoms. The first kappa shape index (κ1) is 9.83. The predicted molar refractivity (Wildman–Crippen MR) is 55.0 cm³/mol. The van der Waals surface area contributed by atoms with Crippen molar-refractivity contribution in [2.75, 3.05) is 13.7 Å². The van der Waals surface area contributed by atoms with Gasteiger partial charge in [0.05, 0.1) is 13.2 Å². The maximum Gasteiger partial charge on any atom is 0.407 e. The van der Waals surface area contributed by atoms with Crippen LogP contribution in [-0.2, 0) is 4.74 Å². The number of methoxy groups -OCH3 is 1. The van der Waals surface area contributed by atoms with Gasteiger partial charge in [-0.05, 0) is 24.1 Å². The van der Waals surface area contributed by atoms with E-state index in [1.54, 1.807) is 7.11 Å². The molecule has 1 aliphatic heterocycles. The van der Waals surface area contributed by atoms with Crippen LogP contribution in [-0.4, -0.2) is 19.8 Å². The summed E-state index contributed by atoms with van der Waals surface area (Å²) in [5.41, 5.74) is 2.09. The number of aryl methyl sites for hydroxylation is 1. The lowest BCUT2D eigenvalue weighted by Gasteiger charge is -2.10. The van der Waals surface area contributed by atoms with Gasteiger partial charge in [0.15, 0.2) is 0 Å². The Morgan fingerprint density at radius 2 is 2.33 bits per heavy atom. The van der Waals surface area contributed by atoms with Crippen molar-refractivity contribution < 1.29 is 14.3 Å². The molecule has 0 unspecified atom stereocenters. The fourth-order valence-corrected chi connectivity index (χ4v) is 1.68. The highest BCUT2D eigenvalue weighted by molar-refractivity contribution is 5.70. The predicted octanol–water partition coefficient (Wildman–Crippen LogP) is 1.78. The first-order valence-corrected chi connectivity index (χ1v) is 4.78. The number of alkyl carbamates (subject to hydrolysis) is 1. The lowest BCUT2D eigenvalue weighted by molar-refractivity contribution is 0.177.